The fourth-order valence-corrected chi connectivity index (χ4v) is 4.82. The Kier molecular flexibility index (Phi) is 5.28. The molecule has 0 radical (unpaired) electrons. The van der Waals surface area contributed by atoms with Crippen molar-refractivity contribution in [2.24, 2.45) is 11.8 Å². The molecular formula is C25H24N4O4. The number of nitrogens with zero attached hydrogens (tertiary/aromatic N) is 3. The van der Waals surface area contributed by atoms with Gasteiger partial charge < -0.3 is 0 Å². The van der Waals surface area contributed by atoms with Gasteiger partial charge in [-0.1, -0.05) is 54.8 Å². The van der Waals surface area contributed by atoms with Crippen molar-refractivity contribution in [3.05, 3.63) is 64.4 Å². The lowest BCUT2D eigenvalue weighted by atomic mass is 9.81. The molecule has 2 heterocycles. The monoisotopic (exact) mass is 444 g/mol. The van der Waals surface area contributed by atoms with Crippen LogP contribution in [0.15, 0.2) is 53.3 Å². The van der Waals surface area contributed by atoms with Crippen LogP contribution in [0, 0.1) is 18.8 Å². The molecule has 2 aliphatic rings. The molecule has 0 spiro atoms. The first-order valence-corrected chi connectivity index (χ1v) is 11.2. The highest BCUT2D eigenvalue weighted by molar-refractivity contribution is 6.08. The summed E-state index contributed by atoms with van der Waals surface area (Å²) < 4.78 is 1.10. The Morgan fingerprint density at radius 3 is 2.27 bits per heavy atom. The Labute approximate surface area is 190 Å². The van der Waals surface area contributed by atoms with Crippen LogP contribution in [0.4, 0.5) is 0 Å². The van der Waals surface area contributed by atoms with Gasteiger partial charge in [0.1, 0.15) is 6.54 Å². The highest BCUT2D eigenvalue weighted by Crippen LogP contribution is 2.37. The van der Waals surface area contributed by atoms with Gasteiger partial charge in [0.05, 0.1) is 22.7 Å². The molecule has 3 aromatic rings. The number of nitrogens with one attached hydrogen (secondary N) is 1. The summed E-state index contributed by atoms with van der Waals surface area (Å²) in [7, 11) is 0. The van der Waals surface area contributed by atoms with Crippen LogP contribution in [0.5, 0.6) is 0 Å². The number of aromatic nitrogens is 2. The number of carbonyl (C=O) groups excluding carboxylic acids is 3. The highest BCUT2D eigenvalue weighted by atomic mass is 16.2. The minimum Gasteiger partial charge on any atom is -0.274 e. The third kappa shape index (κ3) is 3.71. The number of amides is 3. The van der Waals surface area contributed by atoms with E-state index in [4.69, 9.17) is 0 Å². The molecule has 33 heavy (non-hydrogen) atoms. The lowest BCUT2D eigenvalue weighted by Crippen LogP contribution is -2.43. The van der Waals surface area contributed by atoms with Gasteiger partial charge in [-0.2, -0.15) is 4.68 Å². The van der Waals surface area contributed by atoms with Crippen LogP contribution >= 0.6 is 0 Å². The van der Waals surface area contributed by atoms with Gasteiger partial charge in [-0.3, -0.25) is 29.5 Å². The van der Waals surface area contributed by atoms with Crippen molar-refractivity contribution < 1.29 is 14.4 Å². The minimum absolute atomic E-state index is 0.278. The molecule has 1 aromatic heterocycles. The lowest BCUT2D eigenvalue weighted by Gasteiger charge is -2.19. The van der Waals surface area contributed by atoms with Crippen molar-refractivity contribution in [2.45, 2.75) is 32.6 Å². The Bertz CT molecular complexity index is 1300. The Morgan fingerprint density at radius 2 is 1.61 bits per heavy atom. The number of benzene rings is 2. The minimum atomic E-state index is -0.622. The van der Waals surface area contributed by atoms with Crippen molar-refractivity contribution in [2.75, 3.05) is 12.0 Å². The SMILES string of the molecule is Cc1ccc(-c2nc3ccccc3c(=O)n2NC(=O)CN2C(=O)[C@H]3CCCC[C@@H]3C2=O)cc1. The first-order chi connectivity index (χ1) is 15.9. The maximum absolute atomic E-state index is 13.3. The van der Waals surface area contributed by atoms with Gasteiger partial charge in [-0.15, -0.1) is 0 Å². The van der Waals surface area contributed by atoms with Crippen molar-refractivity contribution in [3.8, 4) is 11.4 Å². The quantitative estimate of drug-likeness (QED) is 0.624. The molecule has 5 rings (SSSR count). The molecule has 0 bridgehead atoms. The second kappa shape index (κ2) is 8.27. The maximum atomic E-state index is 13.3. The molecular weight excluding hydrogens is 420 g/mol. The Morgan fingerprint density at radius 1 is 0.970 bits per heavy atom. The van der Waals surface area contributed by atoms with E-state index in [0.29, 0.717) is 29.3 Å². The number of para-hydroxylation sites is 1. The van der Waals surface area contributed by atoms with Crippen molar-refractivity contribution in [1.29, 1.82) is 0 Å². The van der Waals surface area contributed by atoms with E-state index in [9.17, 15) is 19.2 Å². The van der Waals surface area contributed by atoms with Gasteiger partial charge in [0, 0.05) is 5.56 Å². The normalized spacial score (nSPS) is 20.2. The average Bonchev–Trinajstić information content (AvgIpc) is 3.06. The van der Waals surface area contributed by atoms with Gasteiger partial charge in [0.25, 0.3) is 11.5 Å². The molecule has 2 atom stereocenters. The molecule has 8 heteroatoms. The van der Waals surface area contributed by atoms with Gasteiger partial charge in [-0.05, 0) is 31.9 Å². The van der Waals surface area contributed by atoms with Crippen LogP contribution in [0.1, 0.15) is 31.2 Å². The molecule has 1 saturated carbocycles. The summed E-state index contributed by atoms with van der Waals surface area (Å²) in [4.78, 5) is 57.3. The van der Waals surface area contributed by atoms with E-state index in [1.165, 1.54) is 0 Å². The summed E-state index contributed by atoms with van der Waals surface area (Å²) in [6.45, 7) is 1.53. The highest BCUT2D eigenvalue weighted by Gasteiger charge is 2.48. The van der Waals surface area contributed by atoms with E-state index >= 15 is 0 Å². The fraction of sp³-hybridized carbons (Fsp3) is 0.320. The number of aryl methyl sites for hydroxylation is 1. The summed E-state index contributed by atoms with van der Waals surface area (Å²) in [5, 5.41) is 0.355. The zero-order valence-electron chi connectivity index (χ0n) is 18.3. The van der Waals surface area contributed by atoms with E-state index in [1.807, 2.05) is 31.2 Å². The Hall–Kier alpha value is -3.81. The molecule has 0 unspecified atom stereocenters. The van der Waals surface area contributed by atoms with Crippen LogP contribution in [-0.4, -0.2) is 38.8 Å². The summed E-state index contributed by atoms with van der Waals surface area (Å²) in [6.07, 6.45) is 3.19. The summed E-state index contributed by atoms with van der Waals surface area (Å²) in [5.41, 5.74) is 4.37. The predicted octanol–water partition coefficient (Wildman–Crippen LogP) is 2.62. The molecule has 168 valence electrons. The van der Waals surface area contributed by atoms with Gasteiger partial charge >= 0.3 is 0 Å². The van der Waals surface area contributed by atoms with Crippen LogP contribution in [0.3, 0.4) is 0 Å². The zero-order chi connectivity index (χ0) is 23.1. The van der Waals surface area contributed by atoms with E-state index < -0.39 is 18.0 Å². The summed E-state index contributed by atoms with van der Waals surface area (Å²) >= 11 is 0. The number of hydrogen-bond acceptors (Lipinski definition) is 5. The third-order valence-corrected chi connectivity index (χ3v) is 6.56. The van der Waals surface area contributed by atoms with E-state index in [-0.39, 0.29) is 29.5 Å². The van der Waals surface area contributed by atoms with Crippen LogP contribution in [0.25, 0.3) is 22.3 Å². The number of fused-ring (bicyclic) bond motifs is 2. The smallest absolute Gasteiger partial charge is 0.274 e. The second-order valence-corrected chi connectivity index (χ2v) is 8.75. The van der Waals surface area contributed by atoms with E-state index in [0.717, 1.165) is 28.0 Å². The molecule has 2 fully saturated rings. The van der Waals surface area contributed by atoms with Crippen LogP contribution < -0.4 is 11.0 Å². The molecule has 1 N–H and O–H groups in total. The Balaban J connectivity index is 1.48. The van der Waals surface area contributed by atoms with Crippen molar-refractivity contribution in [3.63, 3.8) is 0 Å². The molecule has 1 saturated heterocycles. The zero-order valence-corrected chi connectivity index (χ0v) is 18.3. The van der Waals surface area contributed by atoms with Gasteiger partial charge in [-0.25, -0.2) is 4.98 Å². The van der Waals surface area contributed by atoms with Crippen molar-refractivity contribution >= 4 is 28.6 Å². The predicted molar refractivity (Wildman–Crippen MR) is 123 cm³/mol. The molecule has 2 aromatic carbocycles. The number of imide groups is 1. The second-order valence-electron chi connectivity index (χ2n) is 8.75. The number of hydrogen-bond donors (Lipinski definition) is 1. The van der Waals surface area contributed by atoms with Gasteiger partial charge in [0.2, 0.25) is 11.8 Å². The van der Waals surface area contributed by atoms with Gasteiger partial charge in [0.15, 0.2) is 5.82 Å². The number of likely N-dealkylation sites (tertiary alicyclic amines) is 1. The fourth-order valence-electron chi connectivity index (χ4n) is 4.82. The first-order valence-electron chi connectivity index (χ1n) is 11.2. The standard InChI is InChI=1S/C25H24N4O4/c1-15-10-12-16(13-11-15)22-26-20-9-5-4-8-19(20)25(33)29(22)27-21(30)14-28-23(31)17-6-2-3-7-18(17)24(28)32/h4-5,8-13,17-18H,2-3,6-7,14H2,1H3,(H,27,30)/t17-,18-/m0/s1. The molecule has 3 amide bonds. The first kappa shape index (κ1) is 21.1. The molecule has 1 aliphatic heterocycles. The summed E-state index contributed by atoms with van der Waals surface area (Å²) in [5.74, 6) is -1.58. The number of rotatable bonds is 4. The van der Waals surface area contributed by atoms with Crippen molar-refractivity contribution in [1.82, 2.24) is 14.6 Å². The van der Waals surface area contributed by atoms with Crippen LogP contribution in [0.2, 0.25) is 0 Å². The third-order valence-electron chi connectivity index (χ3n) is 6.56. The lowest BCUT2D eigenvalue weighted by molar-refractivity contribution is -0.142. The topological polar surface area (TPSA) is 101 Å². The van der Waals surface area contributed by atoms with Crippen LogP contribution in [-0.2, 0) is 14.4 Å². The maximum Gasteiger partial charge on any atom is 0.280 e. The largest absolute Gasteiger partial charge is 0.280 e. The average molecular weight is 444 g/mol. The molecule has 1 aliphatic carbocycles. The number of carbonyl (C=O) groups is 3. The van der Waals surface area contributed by atoms with E-state index in [2.05, 4.69) is 10.4 Å². The molecule has 8 nitrogen and oxygen atoms in total. The summed E-state index contributed by atoms with van der Waals surface area (Å²) in [6, 6.07) is 14.3. The van der Waals surface area contributed by atoms with E-state index in [1.54, 1.807) is 24.3 Å².